The van der Waals surface area contributed by atoms with Gasteiger partial charge in [-0.15, -0.1) is 0 Å². The molecular formula is C10H21NO3S. The topological polar surface area (TPSA) is 66.4 Å². The second kappa shape index (κ2) is 4.80. The van der Waals surface area contributed by atoms with Crippen molar-refractivity contribution in [3.63, 3.8) is 0 Å². The van der Waals surface area contributed by atoms with Crippen LogP contribution in [0, 0.1) is 5.92 Å². The molecule has 90 valence electrons. The Balaban J connectivity index is 2.44. The lowest BCUT2D eigenvalue weighted by molar-refractivity contribution is 0.0493. The van der Waals surface area contributed by atoms with Crippen molar-refractivity contribution in [2.45, 2.75) is 32.3 Å². The molecule has 0 amide bonds. The van der Waals surface area contributed by atoms with Gasteiger partial charge in [0.15, 0.2) is 9.84 Å². The predicted molar refractivity (Wildman–Crippen MR) is 60.5 cm³/mol. The zero-order valence-corrected chi connectivity index (χ0v) is 10.3. The average molecular weight is 235 g/mol. The maximum Gasteiger partial charge on any atom is 0.153 e. The minimum absolute atomic E-state index is 0.0922. The molecule has 1 atom stereocenters. The average Bonchev–Trinajstić information content (AvgIpc) is 1.99. The second-order valence-corrected chi connectivity index (χ2v) is 7.13. The molecule has 1 heterocycles. The smallest absolute Gasteiger partial charge is 0.153 e. The monoisotopic (exact) mass is 235 g/mol. The molecule has 0 aromatic rings. The lowest BCUT2D eigenvalue weighted by Crippen LogP contribution is -2.50. The fourth-order valence-corrected chi connectivity index (χ4v) is 3.70. The summed E-state index contributed by atoms with van der Waals surface area (Å²) in [7, 11) is -3.03. The van der Waals surface area contributed by atoms with Crippen LogP contribution in [-0.4, -0.2) is 43.7 Å². The first-order valence-electron chi connectivity index (χ1n) is 5.47. The number of sulfone groups is 1. The van der Waals surface area contributed by atoms with Crippen molar-refractivity contribution < 1.29 is 13.5 Å². The van der Waals surface area contributed by atoms with Crippen LogP contribution in [0.5, 0.6) is 0 Å². The fraction of sp³-hybridized carbons (Fsp3) is 1.00. The second-order valence-electron chi connectivity index (χ2n) is 4.94. The Morgan fingerprint density at radius 1 is 1.47 bits per heavy atom. The van der Waals surface area contributed by atoms with Gasteiger partial charge in [-0.2, -0.15) is 0 Å². The molecule has 1 rings (SSSR count). The van der Waals surface area contributed by atoms with Gasteiger partial charge in [0.05, 0.1) is 17.1 Å². The molecule has 0 bridgehead atoms. The molecule has 1 unspecified atom stereocenters. The molecule has 4 nitrogen and oxygen atoms in total. The van der Waals surface area contributed by atoms with Gasteiger partial charge in [0.1, 0.15) is 0 Å². The summed E-state index contributed by atoms with van der Waals surface area (Å²) in [5.41, 5.74) is -1.05. The van der Waals surface area contributed by atoms with Crippen LogP contribution in [0.25, 0.3) is 0 Å². The van der Waals surface area contributed by atoms with Crippen LogP contribution < -0.4 is 5.32 Å². The van der Waals surface area contributed by atoms with E-state index < -0.39 is 15.4 Å². The highest BCUT2D eigenvalue weighted by molar-refractivity contribution is 7.91. The van der Waals surface area contributed by atoms with Gasteiger partial charge in [-0.3, -0.25) is 0 Å². The van der Waals surface area contributed by atoms with Crippen LogP contribution in [0.1, 0.15) is 26.7 Å². The summed E-state index contributed by atoms with van der Waals surface area (Å²) in [4.78, 5) is 0. The SMILES string of the molecule is CC(C)CNCC1(O)CCCS(=O)(=O)C1. The fourth-order valence-electron chi connectivity index (χ4n) is 1.91. The molecule has 1 saturated heterocycles. The summed E-state index contributed by atoms with van der Waals surface area (Å²) in [6, 6.07) is 0. The molecular weight excluding hydrogens is 214 g/mol. The summed E-state index contributed by atoms with van der Waals surface area (Å²) in [5, 5.41) is 13.2. The van der Waals surface area contributed by atoms with Crippen molar-refractivity contribution in [2.75, 3.05) is 24.6 Å². The van der Waals surface area contributed by atoms with Crippen molar-refractivity contribution >= 4 is 9.84 Å². The van der Waals surface area contributed by atoms with Gasteiger partial charge in [0, 0.05) is 6.54 Å². The highest BCUT2D eigenvalue weighted by Gasteiger charge is 2.36. The molecule has 0 aliphatic carbocycles. The summed E-state index contributed by atoms with van der Waals surface area (Å²) >= 11 is 0. The predicted octanol–water partition coefficient (Wildman–Crippen LogP) is 0.172. The summed E-state index contributed by atoms with van der Waals surface area (Å²) in [6.07, 6.45) is 1.15. The minimum atomic E-state index is -3.03. The third-order valence-electron chi connectivity index (χ3n) is 2.59. The Labute approximate surface area is 92.0 Å². The largest absolute Gasteiger partial charge is 0.388 e. The third kappa shape index (κ3) is 4.49. The Morgan fingerprint density at radius 2 is 2.13 bits per heavy atom. The molecule has 0 aromatic heterocycles. The van der Waals surface area contributed by atoms with E-state index in [2.05, 4.69) is 19.2 Å². The molecule has 1 fully saturated rings. The van der Waals surface area contributed by atoms with Gasteiger partial charge in [0.25, 0.3) is 0 Å². The van der Waals surface area contributed by atoms with Crippen LogP contribution in [0.3, 0.4) is 0 Å². The summed E-state index contributed by atoms with van der Waals surface area (Å²) in [5.74, 6) is 0.638. The van der Waals surface area contributed by atoms with Crippen molar-refractivity contribution in [3.8, 4) is 0 Å². The number of hydrogen-bond acceptors (Lipinski definition) is 4. The van der Waals surface area contributed by atoms with E-state index >= 15 is 0 Å². The zero-order chi connectivity index (χ0) is 11.5. The normalized spacial score (nSPS) is 30.7. The van der Waals surface area contributed by atoms with Crippen LogP contribution in [0.15, 0.2) is 0 Å². The molecule has 0 spiro atoms. The summed E-state index contributed by atoms with van der Waals surface area (Å²) < 4.78 is 22.8. The first kappa shape index (κ1) is 12.9. The lowest BCUT2D eigenvalue weighted by Gasteiger charge is -2.32. The van der Waals surface area contributed by atoms with Gasteiger partial charge in [-0.25, -0.2) is 8.42 Å². The quantitative estimate of drug-likeness (QED) is 0.729. The van der Waals surface area contributed by atoms with Crippen LogP contribution >= 0.6 is 0 Å². The molecule has 0 saturated carbocycles. The van der Waals surface area contributed by atoms with Crippen LogP contribution in [0.4, 0.5) is 0 Å². The third-order valence-corrected chi connectivity index (χ3v) is 4.48. The maximum absolute atomic E-state index is 11.4. The van der Waals surface area contributed by atoms with E-state index in [1.807, 2.05) is 0 Å². The van der Waals surface area contributed by atoms with Gasteiger partial charge in [0.2, 0.25) is 0 Å². The zero-order valence-electron chi connectivity index (χ0n) is 9.49. The maximum atomic E-state index is 11.4. The lowest BCUT2D eigenvalue weighted by atomic mass is 10.00. The van der Waals surface area contributed by atoms with Gasteiger partial charge in [-0.05, 0) is 25.3 Å². The summed E-state index contributed by atoms with van der Waals surface area (Å²) in [6.45, 7) is 5.34. The Kier molecular flexibility index (Phi) is 4.14. The number of rotatable bonds is 4. The van der Waals surface area contributed by atoms with E-state index in [-0.39, 0.29) is 11.5 Å². The number of hydrogen-bond donors (Lipinski definition) is 2. The van der Waals surface area contributed by atoms with E-state index in [1.165, 1.54) is 0 Å². The van der Waals surface area contributed by atoms with Gasteiger partial charge < -0.3 is 10.4 Å². The molecule has 1 aliphatic heterocycles. The highest BCUT2D eigenvalue weighted by atomic mass is 32.2. The van der Waals surface area contributed by atoms with E-state index in [0.29, 0.717) is 25.3 Å². The molecule has 5 heteroatoms. The van der Waals surface area contributed by atoms with Gasteiger partial charge in [-0.1, -0.05) is 13.8 Å². The van der Waals surface area contributed by atoms with Gasteiger partial charge >= 0.3 is 0 Å². The van der Waals surface area contributed by atoms with Crippen molar-refractivity contribution in [1.82, 2.24) is 5.32 Å². The molecule has 0 radical (unpaired) electrons. The van der Waals surface area contributed by atoms with E-state index in [1.54, 1.807) is 0 Å². The van der Waals surface area contributed by atoms with E-state index in [4.69, 9.17) is 0 Å². The highest BCUT2D eigenvalue weighted by Crippen LogP contribution is 2.22. The van der Waals surface area contributed by atoms with Crippen LogP contribution in [-0.2, 0) is 9.84 Å². The molecule has 1 aliphatic rings. The first-order valence-corrected chi connectivity index (χ1v) is 7.29. The Bertz CT molecular complexity index is 300. The number of nitrogens with one attached hydrogen (secondary N) is 1. The molecule has 15 heavy (non-hydrogen) atoms. The molecule has 0 aromatic carbocycles. The first-order chi connectivity index (χ1) is 6.83. The van der Waals surface area contributed by atoms with E-state index in [0.717, 1.165) is 6.54 Å². The standard InChI is InChI=1S/C10H21NO3S/c1-9(2)6-11-7-10(12)4-3-5-15(13,14)8-10/h9,11-12H,3-8H2,1-2H3. The van der Waals surface area contributed by atoms with Crippen molar-refractivity contribution in [1.29, 1.82) is 0 Å². The van der Waals surface area contributed by atoms with E-state index in [9.17, 15) is 13.5 Å². The molecule has 2 N–H and O–H groups in total. The van der Waals surface area contributed by atoms with Crippen molar-refractivity contribution in [2.24, 2.45) is 5.92 Å². The van der Waals surface area contributed by atoms with Crippen LogP contribution in [0.2, 0.25) is 0 Å². The minimum Gasteiger partial charge on any atom is -0.388 e. The number of aliphatic hydroxyl groups is 1. The Morgan fingerprint density at radius 3 is 2.67 bits per heavy atom. The Hall–Kier alpha value is -0.130. The van der Waals surface area contributed by atoms with Crippen molar-refractivity contribution in [3.05, 3.63) is 0 Å².